The number of aromatic nitrogens is 1. The summed E-state index contributed by atoms with van der Waals surface area (Å²) < 4.78 is 0. The number of hydrogen-bond acceptors (Lipinski definition) is 3. The maximum atomic E-state index is 4.27. The van der Waals surface area contributed by atoms with E-state index in [4.69, 9.17) is 0 Å². The van der Waals surface area contributed by atoms with Crippen molar-refractivity contribution in [3.63, 3.8) is 0 Å². The second-order valence-electron chi connectivity index (χ2n) is 4.36. The van der Waals surface area contributed by atoms with Gasteiger partial charge in [-0.2, -0.15) is 5.11 Å². The molecular weight excluding hydrogens is 162 g/mol. The van der Waals surface area contributed by atoms with Crippen LogP contribution < -0.4 is 0 Å². The number of pyridine rings is 1. The third-order valence-electron chi connectivity index (χ3n) is 2.22. The van der Waals surface area contributed by atoms with Crippen LogP contribution in [-0.4, -0.2) is 4.98 Å². The molecule has 0 unspecified atom stereocenters. The Morgan fingerprint density at radius 2 is 2.08 bits per heavy atom. The second kappa shape index (κ2) is 2.62. The smallest absolute Gasteiger partial charge is 0.179 e. The van der Waals surface area contributed by atoms with E-state index in [0.29, 0.717) is 6.54 Å². The topological polar surface area (TPSA) is 37.6 Å². The first-order valence-electron chi connectivity index (χ1n) is 4.44. The monoisotopic (exact) mass is 175 g/mol. The molecule has 1 aromatic heterocycles. The first-order valence-corrected chi connectivity index (χ1v) is 4.44. The van der Waals surface area contributed by atoms with Crippen LogP contribution in [0.3, 0.4) is 0 Å². The normalized spacial score (nSPS) is 14.7. The predicted octanol–water partition coefficient (Wildman–Crippen LogP) is 2.98. The van der Waals surface area contributed by atoms with Crippen molar-refractivity contribution in [2.45, 2.75) is 32.7 Å². The fraction of sp³-hybridized carbons (Fsp3) is 0.500. The zero-order valence-corrected chi connectivity index (χ0v) is 8.20. The van der Waals surface area contributed by atoms with Crippen molar-refractivity contribution >= 4 is 5.82 Å². The molecule has 2 rings (SSSR count). The van der Waals surface area contributed by atoms with Gasteiger partial charge in [0.2, 0.25) is 0 Å². The Morgan fingerprint density at radius 1 is 1.31 bits per heavy atom. The molecule has 1 aliphatic heterocycles. The maximum Gasteiger partial charge on any atom is 0.179 e. The fourth-order valence-corrected chi connectivity index (χ4v) is 1.30. The van der Waals surface area contributed by atoms with Crippen LogP contribution in [0.4, 0.5) is 5.82 Å². The maximum absolute atomic E-state index is 4.27. The first-order chi connectivity index (χ1) is 6.07. The first kappa shape index (κ1) is 8.35. The van der Waals surface area contributed by atoms with E-state index >= 15 is 0 Å². The van der Waals surface area contributed by atoms with E-state index in [1.165, 1.54) is 5.56 Å². The lowest BCUT2D eigenvalue weighted by Crippen LogP contribution is -2.11. The summed E-state index contributed by atoms with van der Waals surface area (Å²) in [7, 11) is 0. The van der Waals surface area contributed by atoms with Gasteiger partial charge in [0, 0.05) is 11.8 Å². The Hall–Kier alpha value is -1.25. The number of fused-ring (bicyclic) bond motifs is 1. The Labute approximate surface area is 77.9 Å². The molecule has 0 aromatic carbocycles. The molecule has 2 heterocycles. The molecule has 0 amide bonds. The zero-order valence-electron chi connectivity index (χ0n) is 8.20. The standard InChI is InChI=1S/C10H13N3/c1-10(2,3)8-4-7-5-12-13-9(7)11-6-8/h4,6H,5H2,1-3H3. The summed E-state index contributed by atoms with van der Waals surface area (Å²) in [6, 6.07) is 2.16. The Morgan fingerprint density at radius 3 is 2.77 bits per heavy atom. The molecular formula is C10H13N3. The fourth-order valence-electron chi connectivity index (χ4n) is 1.30. The SMILES string of the molecule is CC(C)(C)c1cnc2c(c1)CN=N2. The Bertz CT molecular complexity index is 361. The lowest BCUT2D eigenvalue weighted by Gasteiger charge is -2.18. The minimum absolute atomic E-state index is 0.157. The number of rotatable bonds is 0. The van der Waals surface area contributed by atoms with E-state index in [1.54, 1.807) is 0 Å². The zero-order chi connectivity index (χ0) is 9.47. The van der Waals surface area contributed by atoms with Gasteiger partial charge in [0.15, 0.2) is 5.82 Å². The van der Waals surface area contributed by atoms with E-state index < -0.39 is 0 Å². The molecule has 0 saturated carbocycles. The molecule has 0 fully saturated rings. The van der Waals surface area contributed by atoms with Crippen LogP contribution >= 0.6 is 0 Å². The van der Waals surface area contributed by atoms with Crippen LogP contribution in [0.25, 0.3) is 0 Å². The Kier molecular flexibility index (Phi) is 1.68. The van der Waals surface area contributed by atoms with Crippen LogP contribution in [0, 0.1) is 0 Å². The van der Waals surface area contributed by atoms with Gasteiger partial charge in [-0.25, -0.2) is 4.98 Å². The summed E-state index contributed by atoms with van der Waals surface area (Å²) in [4.78, 5) is 4.27. The average molecular weight is 175 g/mol. The molecule has 1 aliphatic rings. The van der Waals surface area contributed by atoms with Crippen molar-refractivity contribution in [3.05, 3.63) is 23.4 Å². The van der Waals surface area contributed by atoms with Crippen LogP contribution in [0.1, 0.15) is 31.9 Å². The van der Waals surface area contributed by atoms with E-state index in [0.717, 1.165) is 11.4 Å². The molecule has 0 spiro atoms. The summed E-state index contributed by atoms with van der Waals surface area (Å²) in [5, 5.41) is 7.87. The number of azo groups is 1. The largest absolute Gasteiger partial charge is 0.235 e. The number of nitrogens with zero attached hydrogens (tertiary/aromatic N) is 3. The minimum atomic E-state index is 0.157. The van der Waals surface area contributed by atoms with Crippen molar-refractivity contribution < 1.29 is 0 Å². The van der Waals surface area contributed by atoms with Crippen molar-refractivity contribution in [2.24, 2.45) is 10.2 Å². The molecule has 0 atom stereocenters. The van der Waals surface area contributed by atoms with Crippen LogP contribution in [0.15, 0.2) is 22.5 Å². The number of hydrogen-bond donors (Lipinski definition) is 0. The van der Waals surface area contributed by atoms with Gasteiger partial charge < -0.3 is 0 Å². The molecule has 0 bridgehead atoms. The van der Waals surface area contributed by atoms with Crippen LogP contribution in [0.2, 0.25) is 0 Å². The summed E-state index contributed by atoms with van der Waals surface area (Å²) in [6.45, 7) is 7.23. The summed E-state index contributed by atoms with van der Waals surface area (Å²) >= 11 is 0. The second-order valence-corrected chi connectivity index (χ2v) is 4.36. The minimum Gasteiger partial charge on any atom is -0.235 e. The molecule has 68 valence electrons. The molecule has 3 heteroatoms. The third kappa shape index (κ3) is 1.46. The highest BCUT2D eigenvalue weighted by molar-refractivity contribution is 5.43. The summed E-state index contributed by atoms with van der Waals surface area (Å²) in [5.41, 5.74) is 2.55. The Balaban J connectivity index is 2.45. The van der Waals surface area contributed by atoms with Crippen molar-refractivity contribution in [2.75, 3.05) is 0 Å². The quantitative estimate of drug-likeness (QED) is 0.597. The highest BCUT2D eigenvalue weighted by Gasteiger charge is 2.17. The van der Waals surface area contributed by atoms with Gasteiger partial charge in [-0.1, -0.05) is 20.8 Å². The van der Waals surface area contributed by atoms with E-state index in [-0.39, 0.29) is 5.41 Å². The van der Waals surface area contributed by atoms with Crippen molar-refractivity contribution in [1.29, 1.82) is 0 Å². The van der Waals surface area contributed by atoms with Crippen molar-refractivity contribution in [3.8, 4) is 0 Å². The summed E-state index contributed by atoms with van der Waals surface area (Å²) in [6.07, 6.45) is 1.89. The van der Waals surface area contributed by atoms with Crippen molar-refractivity contribution in [1.82, 2.24) is 4.98 Å². The summed E-state index contributed by atoms with van der Waals surface area (Å²) in [5.74, 6) is 0.785. The molecule has 1 aromatic rings. The third-order valence-corrected chi connectivity index (χ3v) is 2.22. The molecule has 3 nitrogen and oxygen atoms in total. The van der Waals surface area contributed by atoms with Crippen LogP contribution in [-0.2, 0) is 12.0 Å². The van der Waals surface area contributed by atoms with Gasteiger partial charge >= 0.3 is 0 Å². The van der Waals surface area contributed by atoms with Gasteiger partial charge in [0.25, 0.3) is 0 Å². The lowest BCUT2D eigenvalue weighted by molar-refractivity contribution is 0.587. The van der Waals surface area contributed by atoms with Gasteiger partial charge in [0.05, 0.1) is 6.54 Å². The van der Waals surface area contributed by atoms with Crippen LogP contribution in [0.5, 0.6) is 0 Å². The van der Waals surface area contributed by atoms with Gasteiger partial charge in [-0.05, 0) is 17.0 Å². The van der Waals surface area contributed by atoms with E-state index in [9.17, 15) is 0 Å². The lowest BCUT2D eigenvalue weighted by atomic mass is 9.87. The molecule has 0 aliphatic carbocycles. The highest BCUT2D eigenvalue weighted by Crippen LogP contribution is 2.29. The molecule has 0 saturated heterocycles. The van der Waals surface area contributed by atoms with Gasteiger partial charge in [0.1, 0.15) is 0 Å². The van der Waals surface area contributed by atoms with Gasteiger partial charge in [-0.15, -0.1) is 5.11 Å². The molecule has 0 radical (unpaired) electrons. The van der Waals surface area contributed by atoms with E-state index in [2.05, 4.69) is 42.1 Å². The van der Waals surface area contributed by atoms with E-state index in [1.807, 2.05) is 6.20 Å². The molecule has 0 N–H and O–H groups in total. The molecule has 13 heavy (non-hydrogen) atoms. The predicted molar refractivity (Wildman–Crippen MR) is 51.2 cm³/mol. The highest BCUT2D eigenvalue weighted by atomic mass is 15.2. The van der Waals surface area contributed by atoms with Gasteiger partial charge in [-0.3, -0.25) is 0 Å². The average Bonchev–Trinajstić information content (AvgIpc) is 2.47.